The summed E-state index contributed by atoms with van der Waals surface area (Å²) in [7, 11) is 0. The minimum atomic E-state index is -0.311. The van der Waals surface area contributed by atoms with Crippen LogP contribution in [0.1, 0.15) is 18.4 Å². The lowest BCUT2D eigenvalue weighted by Crippen LogP contribution is -2.03. The molecule has 1 aliphatic rings. The molecule has 0 unspecified atom stereocenters. The van der Waals surface area contributed by atoms with Crippen LogP contribution in [0.15, 0.2) is 18.5 Å². The second kappa shape index (κ2) is 2.31. The van der Waals surface area contributed by atoms with Crippen LogP contribution in [0.3, 0.4) is 0 Å². The SMILES string of the molecule is C#CC1(c2cncc(F)c2)CC1. The molecular weight excluding hydrogens is 153 g/mol. The van der Waals surface area contributed by atoms with Gasteiger partial charge in [0.25, 0.3) is 0 Å². The van der Waals surface area contributed by atoms with Gasteiger partial charge in [-0.25, -0.2) is 4.39 Å². The van der Waals surface area contributed by atoms with Gasteiger partial charge in [-0.3, -0.25) is 4.98 Å². The van der Waals surface area contributed by atoms with E-state index in [0.717, 1.165) is 18.4 Å². The van der Waals surface area contributed by atoms with Crippen molar-refractivity contribution < 1.29 is 4.39 Å². The summed E-state index contributed by atoms with van der Waals surface area (Å²) in [4.78, 5) is 3.77. The Morgan fingerprint density at radius 3 is 2.75 bits per heavy atom. The van der Waals surface area contributed by atoms with Crippen molar-refractivity contribution in [1.82, 2.24) is 4.98 Å². The fourth-order valence-electron chi connectivity index (χ4n) is 1.31. The standard InChI is InChI=1S/C10H8FN/c1-2-10(3-4-10)8-5-9(11)7-12-6-8/h1,5-7H,3-4H2. The first kappa shape index (κ1) is 7.30. The Balaban J connectivity index is 2.42. The summed E-state index contributed by atoms with van der Waals surface area (Å²) in [6.45, 7) is 0. The maximum atomic E-state index is 12.7. The van der Waals surface area contributed by atoms with E-state index in [1.807, 2.05) is 0 Å². The van der Waals surface area contributed by atoms with E-state index >= 15 is 0 Å². The van der Waals surface area contributed by atoms with Crippen LogP contribution in [0.4, 0.5) is 4.39 Å². The smallest absolute Gasteiger partial charge is 0.141 e. The highest BCUT2D eigenvalue weighted by atomic mass is 19.1. The number of aromatic nitrogens is 1. The molecule has 0 saturated heterocycles. The number of rotatable bonds is 1. The first-order chi connectivity index (χ1) is 5.77. The fraction of sp³-hybridized carbons (Fsp3) is 0.300. The van der Waals surface area contributed by atoms with Crippen LogP contribution < -0.4 is 0 Å². The van der Waals surface area contributed by atoms with E-state index in [-0.39, 0.29) is 11.2 Å². The Hall–Kier alpha value is -1.36. The van der Waals surface area contributed by atoms with Crippen molar-refractivity contribution in [3.05, 3.63) is 29.8 Å². The van der Waals surface area contributed by atoms with Gasteiger partial charge in [-0.05, 0) is 24.5 Å². The van der Waals surface area contributed by atoms with Gasteiger partial charge in [0, 0.05) is 6.20 Å². The van der Waals surface area contributed by atoms with E-state index in [9.17, 15) is 4.39 Å². The van der Waals surface area contributed by atoms with Crippen LogP contribution >= 0.6 is 0 Å². The largest absolute Gasteiger partial charge is 0.261 e. The highest BCUT2D eigenvalue weighted by Crippen LogP contribution is 2.47. The van der Waals surface area contributed by atoms with Gasteiger partial charge >= 0.3 is 0 Å². The zero-order chi connectivity index (χ0) is 8.60. The first-order valence-corrected chi connectivity index (χ1v) is 3.86. The third-order valence-corrected chi connectivity index (χ3v) is 2.28. The maximum Gasteiger partial charge on any atom is 0.141 e. The predicted molar refractivity (Wildman–Crippen MR) is 43.9 cm³/mol. The van der Waals surface area contributed by atoms with Gasteiger partial charge < -0.3 is 0 Å². The molecule has 0 radical (unpaired) electrons. The third kappa shape index (κ3) is 0.984. The summed E-state index contributed by atoms with van der Waals surface area (Å²) in [5, 5.41) is 0. The molecule has 2 heteroatoms. The van der Waals surface area contributed by atoms with Crippen LogP contribution in [0.25, 0.3) is 0 Å². The van der Waals surface area contributed by atoms with Gasteiger partial charge in [-0.15, -0.1) is 6.42 Å². The molecule has 12 heavy (non-hydrogen) atoms. The molecule has 1 saturated carbocycles. The summed E-state index contributed by atoms with van der Waals surface area (Å²) in [6, 6.07) is 1.47. The van der Waals surface area contributed by atoms with Gasteiger partial charge in [0.1, 0.15) is 5.82 Å². The molecule has 0 aromatic carbocycles. The Morgan fingerprint density at radius 2 is 2.25 bits per heavy atom. The van der Waals surface area contributed by atoms with E-state index in [0.29, 0.717) is 0 Å². The van der Waals surface area contributed by atoms with E-state index in [4.69, 9.17) is 6.42 Å². The second-order valence-electron chi connectivity index (χ2n) is 3.12. The number of halogens is 1. The van der Waals surface area contributed by atoms with Crippen molar-refractivity contribution in [1.29, 1.82) is 0 Å². The summed E-state index contributed by atoms with van der Waals surface area (Å²) in [6.07, 6.45) is 10.1. The number of hydrogen-bond donors (Lipinski definition) is 0. The van der Waals surface area contributed by atoms with Crippen molar-refractivity contribution in [3.63, 3.8) is 0 Å². The molecule has 1 aliphatic carbocycles. The van der Waals surface area contributed by atoms with Crippen LogP contribution in [-0.4, -0.2) is 4.98 Å². The Morgan fingerprint density at radius 1 is 1.50 bits per heavy atom. The van der Waals surface area contributed by atoms with Gasteiger partial charge in [0.15, 0.2) is 0 Å². The molecule has 0 atom stereocenters. The zero-order valence-electron chi connectivity index (χ0n) is 6.55. The van der Waals surface area contributed by atoms with E-state index in [1.165, 1.54) is 12.3 Å². The average Bonchev–Trinajstić information content (AvgIpc) is 2.84. The van der Waals surface area contributed by atoms with Gasteiger partial charge in [-0.1, -0.05) is 5.92 Å². The van der Waals surface area contributed by atoms with Crippen molar-refractivity contribution in [2.45, 2.75) is 18.3 Å². The van der Waals surface area contributed by atoms with Gasteiger partial charge in [0.2, 0.25) is 0 Å². The monoisotopic (exact) mass is 161 g/mol. The number of pyridine rings is 1. The molecule has 1 nitrogen and oxygen atoms in total. The van der Waals surface area contributed by atoms with E-state index in [2.05, 4.69) is 10.9 Å². The first-order valence-electron chi connectivity index (χ1n) is 3.86. The summed E-state index contributed by atoms with van der Waals surface area (Å²) >= 11 is 0. The molecule has 0 amide bonds. The molecule has 60 valence electrons. The zero-order valence-corrected chi connectivity index (χ0v) is 6.55. The molecule has 0 aliphatic heterocycles. The van der Waals surface area contributed by atoms with Crippen LogP contribution in [-0.2, 0) is 5.41 Å². The summed E-state index contributed by atoms with van der Waals surface area (Å²) in [5.41, 5.74) is 0.639. The van der Waals surface area contributed by atoms with Crippen molar-refractivity contribution in [2.75, 3.05) is 0 Å². The highest BCUT2D eigenvalue weighted by molar-refractivity contribution is 5.38. The molecule has 1 fully saturated rings. The third-order valence-electron chi connectivity index (χ3n) is 2.28. The minimum absolute atomic E-state index is 0.199. The molecular formula is C10H8FN. The molecule has 1 aromatic rings. The Kier molecular flexibility index (Phi) is 1.41. The number of nitrogens with zero attached hydrogens (tertiary/aromatic N) is 1. The van der Waals surface area contributed by atoms with Gasteiger partial charge in [-0.2, -0.15) is 0 Å². The normalized spacial score (nSPS) is 18.3. The highest BCUT2D eigenvalue weighted by Gasteiger charge is 2.42. The maximum absolute atomic E-state index is 12.7. The van der Waals surface area contributed by atoms with E-state index < -0.39 is 0 Å². The predicted octanol–water partition coefficient (Wildman–Crippen LogP) is 1.89. The minimum Gasteiger partial charge on any atom is -0.261 e. The number of hydrogen-bond acceptors (Lipinski definition) is 1. The lowest BCUT2D eigenvalue weighted by molar-refractivity contribution is 0.616. The molecule has 2 rings (SSSR count). The molecule has 0 N–H and O–H groups in total. The van der Waals surface area contributed by atoms with Crippen LogP contribution in [0, 0.1) is 18.2 Å². The Labute approximate surface area is 70.6 Å². The summed E-state index contributed by atoms with van der Waals surface area (Å²) in [5.74, 6) is 2.38. The number of terminal acetylenes is 1. The van der Waals surface area contributed by atoms with Crippen molar-refractivity contribution in [2.24, 2.45) is 0 Å². The average molecular weight is 161 g/mol. The van der Waals surface area contributed by atoms with Crippen LogP contribution in [0.5, 0.6) is 0 Å². The lowest BCUT2D eigenvalue weighted by Gasteiger charge is -2.05. The molecule has 1 heterocycles. The van der Waals surface area contributed by atoms with Crippen LogP contribution in [0.2, 0.25) is 0 Å². The quantitative estimate of drug-likeness (QED) is 0.573. The topological polar surface area (TPSA) is 12.9 Å². The fourth-order valence-corrected chi connectivity index (χ4v) is 1.31. The Bertz CT molecular complexity index is 347. The van der Waals surface area contributed by atoms with Crippen molar-refractivity contribution in [3.8, 4) is 12.3 Å². The van der Waals surface area contributed by atoms with Gasteiger partial charge in [0.05, 0.1) is 11.6 Å². The second-order valence-corrected chi connectivity index (χ2v) is 3.12. The molecule has 0 spiro atoms. The van der Waals surface area contributed by atoms with Crippen molar-refractivity contribution >= 4 is 0 Å². The van der Waals surface area contributed by atoms with E-state index in [1.54, 1.807) is 6.20 Å². The summed E-state index contributed by atoms with van der Waals surface area (Å²) < 4.78 is 12.7. The molecule has 0 bridgehead atoms. The molecule has 1 aromatic heterocycles. The lowest BCUT2D eigenvalue weighted by atomic mass is 9.99.